The summed E-state index contributed by atoms with van der Waals surface area (Å²) in [5, 5.41) is 44.5. The first-order chi connectivity index (χ1) is 15.1. The Labute approximate surface area is 191 Å². The first kappa shape index (κ1) is 26.6. The van der Waals surface area contributed by atoms with E-state index in [2.05, 4.69) is 12.2 Å². The molecule has 182 valence electrons. The highest BCUT2D eigenvalue weighted by atomic mass is 16.6. The van der Waals surface area contributed by atoms with Gasteiger partial charge in [0.2, 0.25) is 0 Å². The van der Waals surface area contributed by atoms with Crippen molar-refractivity contribution < 1.29 is 30.0 Å². The molecule has 7 nitrogen and oxygen atoms in total. The third-order valence-corrected chi connectivity index (χ3v) is 6.33. The van der Waals surface area contributed by atoms with Gasteiger partial charge < -0.3 is 30.5 Å². The molecule has 0 radical (unpaired) electrons. The molecule has 1 aliphatic carbocycles. The van der Waals surface area contributed by atoms with E-state index in [0.717, 1.165) is 30.4 Å². The molecule has 0 aliphatic heterocycles. The van der Waals surface area contributed by atoms with Gasteiger partial charge in [0.05, 0.1) is 31.0 Å². The lowest BCUT2D eigenvalue weighted by atomic mass is 9.71. The lowest BCUT2D eigenvalue weighted by Gasteiger charge is -2.44. The highest BCUT2D eigenvalue weighted by Crippen LogP contribution is 2.41. The molecule has 0 bridgehead atoms. The van der Waals surface area contributed by atoms with Gasteiger partial charge in [-0.1, -0.05) is 50.8 Å². The van der Waals surface area contributed by atoms with E-state index in [-0.39, 0.29) is 0 Å². The molecule has 0 heterocycles. The number of unbranched alkanes of at least 4 members (excludes halogenated alkanes) is 3. The molecule has 1 aromatic carbocycles. The normalized spacial score (nSPS) is 19.9. The summed E-state index contributed by atoms with van der Waals surface area (Å²) in [6, 6.07) is 5.58. The number of hydrogen-bond donors (Lipinski definition) is 5. The minimum atomic E-state index is -1.42. The number of aliphatic hydroxyl groups is 4. The fourth-order valence-electron chi connectivity index (χ4n) is 4.50. The van der Waals surface area contributed by atoms with Crippen molar-refractivity contribution in [2.75, 3.05) is 13.2 Å². The monoisotopic (exact) mass is 451 g/mol. The van der Waals surface area contributed by atoms with E-state index in [0.29, 0.717) is 24.8 Å². The van der Waals surface area contributed by atoms with Gasteiger partial charge >= 0.3 is 6.09 Å². The fraction of sp³-hybridized carbons (Fsp3) is 0.720. The zero-order chi connectivity index (χ0) is 23.9. The topological polar surface area (TPSA) is 119 Å². The number of rotatable bonds is 10. The number of aryl methyl sites for hydroxylation is 1. The Morgan fingerprint density at radius 3 is 2.47 bits per heavy atom. The maximum Gasteiger partial charge on any atom is 0.408 e. The molecule has 5 N–H and O–H groups in total. The zero-order valence-corrected chi connectivity index (χ0v) is 19.9. The molecule has 0 aromatic heterocycles. The largest absolute Gasteiger partial charge is 0.444 e. The van der Waals surface area contributed by atoms with Crippen molar-refractivity contribution in [3.63, 3.8) is 0 Å². The highest BCUT2D eigenvalue weighted by molar-refractivity contribution is 5.69. The highest BCUT2D eigenvalue weighted by Gasteiger charge is 2.46. The molecule has 1 aliphatic rings. The summed E-state index contributed by atoms with van der Waals surface area (Å²) >= 11 is 0. The second-order valence-electron chi connectivity index (χ2n) is 10.0. The van der Waals surface area contributed by atoms with Crippen LogP contribution in [0.25, 0.3) is 0 Å². The Morgan fingerprint density at radius 2 is 1.88 bits per heavy atom. The molecule has 32 heavy (non-hydrogen) atoms. The maximum atomic E-state index is 12.4. The number of amides is 1. The summed E-state index contributed by atoms with van der Waals surface area (Å²) in [7, 11) is 0. The van der Waals surface area contributed by atoms with Gasteiger partial charge in [0, 0.05) is 5.92 Å². The Bertz CT molecular complexity index is 740. The van der Waals surface area contributed by atoms with Crippen molar-refractivity contribution in [2.45, 2.75) is 96.0 Å². The second kappa shape index (κ2) is 11.5. The third-order valence-electron chi connectivity index (χ3n) is 6.33. The Morgan fingerprint density at radius 1 is 1.19 bits per heavy atom. The van der Waals surface area contributed by atoms with Crippen LogP contribution in [0.3, 0.4) is 0 Å². The van der Waals surface area contributed by atoms with Crippen LogP contribution in [0.4, 0.5) is 4.79 Å². The Hall–Kier alpha value is -1.67. The smallest absolute Gasteiger partial charge is 0.408 e. The number of carbonyl (C=O) groups excluding carboxylic acids is 1. The van der Waals surface area contributed by atoms with E-state index in [9.17, 15) is 25.2 Å². The van der Waals surface area contributed by atoms with Crippen molar-refractivity contribution in [1.29, 1.82) is 0 Å². The van der Waals surface area contributed by atoms with Crippen molar-refractivity contribution in [3.8, 4) is 0 Å². The van der Waals surface area contributed by atoms with E-state index in [1.54, 1.807) is 20.8 Å². The molecule has 0 saturated carbocycles. The minimum Gasteiger partial charge on any atom is -0.444 e. The van der Waals surface area contributed by atoms with Gasteiger partial charge in [-0.05, 0) is 56.7 Å². The van der Waals surface area contributed by atoms with Crippen molar-refractivity contribution in [3.05, 3.63) is 34.9 Å². The summed E-state index contributed by atoms with van der Waals surface area (Å²) < 4.78 is 5.30. The van der Waals surface area contributed by atoms with Crippen LogP contribution in [-0.4, -0.2) is 50.9 Å². The quantitative estimate of drug-likeness (QED) is 0.347. The second-order valence-corrected chi connectivity index (χ2v) is 10.0. The molecule has 0 saturated heterocycles. The predicted octanol–water partition coefficient (Wildman–Crippen LogP) is 3.53. The van der Waals surface area contributed by atoms with Crippen LogP contribution >= 0.6 is 0 Å². The number of alkyl carbamates (subject to hydrolysis) is 1. The molecule has 0 fully saturated rings. The fourth-order valence-corrected chi connectivity index (χ4v) is 4.50. The summed E-state index contributed by atoms with van der Waals surface area (Å²) in [5.41, 5.74) is 0.332. The molecule has 7 heteroatoms. The first-order valence-corrected chi connectivity index (χ1v) is 11.8. The molecule has 1 aromatic rings. The summed E-state index contributed by atoms with van der Waals surface area (Å²) in [6.07, 6.45) is 3.91. The third kappa shape index (κ3) is 6.67. The van der Waals surface area contributed by atoms with Gasteiger partial charge in [0.25, 0.3) is 0 Å². The van der Waals surface area contributed by atoms with E-state index < -0.39 is 48.6 Å². The summed E-state index contributed by atoms with van der Waals surface area (Å²) in [5.74, 6) is -0.595. The van der Waals surface area contributed by atoms with Crippen LogP contribution in [0, 0.1) is 5.92 Å². The van der Waals surface area contributed by atoms with Gasteiger partial charge in [-0.2, -0.15) is 0 Å². The lowest BCUT2D eigenvalue weighted by Crippen LogP contribution is -2.61. The summed E-state index contributed by atoms with van der Waals surface area (Å²) in [6.45, 7) is 6.28. The predicted molar refractivity (Wildman–Crippen MR) is 123 cm³/mol. The van der Waals surface area contributed by atoms with E-state index in [1.165, 1.54) is 6.42 Å². The van der Waals surface area contributed by atoms with Gasteiger partial charge in [0.1, 0.15) is 5.60 Å². The van der Waals surface area contributed by atoms with Gasteiger partial charge in [-0.25, -0.2) is 4.79 Å². The number of carbonyl (C=O) groups is 1. The van der Waals surface area contributed by atoms with Gasteiger partial charge in [-0.15, -0.1) is 0 Å². The van der Waals surface area contributed by atoms with Crippen LogP contribution in [0.1, 0.15) is 95.1 Å². The van der Waals surface area contributed by atoms with Crippen LogP contribution in [-0.2, 0) is 11.2 Å². The van der Waals surface area contributed by atoms with Crippen LogP contribution in [0.5, 0.6) is 0 Å². The Balaban J connectivity index is 2.17. The van der Waals surface area contributed by atoms with E-state index in [4.69, 9.17) is 4.74 Å². The van der Waals surface area contributed by atoms with E-state index >= 15 is 0 Å². The van der Waals surface area contributed by atoms with Crippen molar-refractivity contribution in [1.82, 2.24) is 5.32 Å². The zero-order valence-electron chi connectivity index (χ0n) is 19.9. The average Bonchev–Trinajstić information content (AvgIpc) is 2.74. The SMILES string of the molecule is CCCCCCC(O)c1ccc2c(c1)CCC(C(CO)(CO)NC(=O)OC(C)(C)C)C2O. The standard InChI is InChI=1S/C25H41NO6/c1-5-6-7-8-9-21(29)18-10-12-19-17(14-18)11-13-20(22(19)30)25(15-27,16-28)26-23(31)32-24(2,3)4/h10,12,14,20-22,27-30H,5-9,11,13,15-16H2,1-4H3,(H,26,31). The average molecular weight is 452 g/mol. The number of fused-ring (bicyclic) bond motifs is 1. The minimum absolute atomic E-state index is 0.459. The van der Waals surface area contributed by atoms with Crippen LogP contribution in [0.15, 0.2) is 18.2 Å². The number of nitrogens with one attached hydrogen (secondary N) is 1. The molecule has 1 amide bonds. The van der Waals surface area contributed by atoms with Crippen molar-refractivity contribution in [2.24, 2.45) is 5.92 Å². The van der Waals surface area contributed by atoms with E-state index in [1.807, 2.05) is 18.2 Å². The lowest BCUT2D eigenvalue weighted by molar-refractivity contribution is -0.0340. The molecule has 2 rings (SSSR count). The van der Waals surface area contributed by atoms with Gasteiger partial charge in [0.15, 0.2) is 0 Å². The van der Waals surface area contributed by atoms with Crippen molar-refractivity contribution >= 4 is 6.09 Å². The van der Waals surface area contributed by atoms with Crippen LogP contribution in [0.2, 0.25) is 0 Å². The molecule has 0 spiro atoms. The first-order valence-electron chi connectivity index (χ1n) is 11.8. The molecular formula is C25H41NO6. The Kier molecular flexibility index (Phi) is 9.52. The van der Waals surface area contributed by atoms with Crippen LogP contribution < -0.4 is 5.32 Å². The molecular weight excluding hydrogens is 410 g/mol. The number of hydrogen-bond acceptors (Lipinski definition) is 6. The summed E-state index contributed by atoms with van der Waals surface area (Å²) in [4.78, 5) is 12.4. The maximum absolute atomic E-state index is 12.4. The molecule has 3 atom stereocenters. The van der Waals surface area contributed by atoms with Gasteiger partial charge in [-0.3, -0.25) is 0 Å². The molecule has 3 unspecified atom stereocenters. The number of benzene rings is 1. The number of aliphatic hydroxyl groups excluding tert-OH is 4. The number of ether oxygens (including phenoxy) is 1.